The van der Waals surface area contributed by atoms with Gasteiger partial charge in [0.15, 0.2) is 10.9 Å². The van der Waals surface area contributed by atoms with E-state index >= 15 is 0 Å². The van der Waals surface area contributed by atoms with E-state index in [4.69, 9.17) is 4.74 Å². The summed E-state index contributed by atoms with van der Waals surface area (Å²) in [7, 11) is 0. The number of aromatic nitrogens is 3. The summed E-state index contributed by atoms with van der Waals surface area (Å²) in [6.45, 7) is 5.11. The van der Waals surface area contributed by atoms with E-state index in [-0.39, 0.29) is 18.1 Å². The van der Waals surface area contributed by atoms with Crippen LogP contribution in [0.1, 0.15) is 20.8 Å². The molecule has 6 nitrogen and oxygen atoms in total. The van der Waals surface area contributed by atoms with Crippen molar-refractivity contribution in [2.24, 2.45) is 5.41 Å². The molecule has 0 atom stereocenters. The number of nitrogens with zero attached hydrogens (tertiary/aromatic N) is 2. The SMILES string of the molecule is CCOC(=O)C(C)(C)C(=O)CSc1ncn[nH]1. The molecular formula is C10H15N3O3S. The molecule has 0 radical (unpaired) electrons. The third-order valence-corrected chi connectivity index (χ3v) is 3.09. The standard InChI is InChI=1S/C10H15N3O3S/c1-4-16-8(15)10(2,3)7(14)5-17-9-11-6-12-13-9/h6H,4-5H2,1-3H3,(H,11,12,13). The van der Waals surface area contributed by atoms with Gasteiger partial charge in [-0.05, 0) is 20.8 Å². The second kappa shape index (κ2) is 5.81. The molecule has 1 heterocycles. The molecule has 0 fully saturated rings. The van der Waals surface area contributed by atoms with Crippen LogP contribution in [0.3, 0.4) is 0 Å². The summed E-state index contributed by atoms with van der Waals surface area (Å²) in [5.74, 6) is -0.540. The van der Waals surface area contributed by atoms with Crippen LogP contribution in [0, 0.1) is 5.41 Å². The number of hydrogen-bond acceptors (Lipinski definition) is 6. The highest BCUT2D eigenvalue weighted by molar-refractivity contribution is 7.99. The van der Waals surface area contributed by atoms with Crippen LogP contribution in [0.25, 0.3) is 0 Å². The highest BCUT2D eigenvalue weighted by Gasteiger charge is 2.37. The maximum atomic E-state index is 11.9. The number of ketones is 1. The number of H-pyrrole nitrogens is 1. The number of carbonyl (C=O) groups is 2. The molecule has 7 heteroatoms. The average Bonchev–Trinajstić information content (AvgIpc) is 2.78. The molecule has 1 rings (SSSR count). The topological polar surface area (TPSA) is 84.9 Å². The first-order valence-corrected chi connectivity index (χ1v) is 6.15. The van der Waals surface area contributed by atoms with Crippen LogP contribution in [-0.2, 0) is 14.3 Å². The average molecular weight is 257 g/mol. The van der Waals surface area contributed by atoms with E-state index in [1.165, 1.54) is 18.1 Å². The Kier molecular flexibility index (Phi) is 4.68. The van der Waals surface area contributed by atoms with E-state index in [2.05, 4.69) is 15.2 Å². The molecule has 0 unspecified atom stereocenters. The second-order valence-corrected chi connectivity index (χ2v) is 4.81. The molecule has 0 aliphatic carbocycles. The van der Waals surface area contributed by atoms with Crippen molar-refractivity contribution in [1.29, 1.82) is 0 Å². The third kappa shape index (κ3) is 3.55. The zero-order valence-electron chi connectivity index (χ0n) is 10.0. The van der Waals surface area contributed by atoms with Gasteiger partial charge in [0.1, 0.15) is 11.7 Å². The first-order chi connectivity index (χ1) is 7.98. The van der Waals surface area contributed by atoms with Gasteiger partial charge in [0.25, 0.3) is 0 Å². The molecule has 0 amide bonds. The summed E-state index contributed by atoms with van der Waals surface area (Å²) in [6, 6.07) is 0. The molecule has 17 heavy (non-hydrogen) atoms. The Morgan fingerprint density at radius 3 is 2.76 bits per heavy atom. The third-order valence-electron chi connectivity index (χ3n) is 2.22. The molecular weight excluding hydrogens is 242 g/mol. The van der Waals surface area contributed by atoms with Crippen LogP contribution < -0.4 is 0 Å². The fraction of sp³-hybridized carbons (Fsp3) is 0.600. The molecule has 1 aromatic heterocycles. The summed E-state index contributed by atoms with van der Waals surface area (Å²) in [5.41, 5.74) is -1.12. The van der Waals surface area contributed by atoms with Crippen molar-refractivity contribution in [2.75, 3.05) is 12.4 Å². The van der Waals surface area contributed by atoms with Gasteiger partial charge < -0.3 is 4.74 Å². The zero-order chi connectivity index (χ0) is 12.9. The molecule has 1 aromatic rings. The lowest BCUT2D eigenvalue weighted by molar-refractivity contribution is -0.157. The predicted octanol–water partition coefficient (Wildman–Crippen LogP) is 1.06. The van der Waals surface area contributed by atoms with Gasteiger partial charge in [-0.3, -0.25) is 14.7 Å². The lowest BCUT2D eigenvalue weighted by Crippen LogP contribution is -2.36. The largest absolute Gasteiger partial charge is 0.465 e. The van der Waals surface area contributed by atoms with Crippen molar-refractivity contribution < 1.29 is 14.3 Å². The first kappa shape index (κ1) is 13.7. The maximum Gasteiger partial charge on any atom is 0.319 e. The lowest BCUT2D eigenvalue weighted by atomic mass is 9.89. The molecule has 0 spiro atoms. The van der Waals surface area contributed by atoms with E-state index in [9.17, 15) is 9.59 Å². The summed E-state index contributed by atoms with van der Waals surface area (Å²) in [5, 5.41) is 6.85. The normalized spacial score (nSPS) is 11.2. The van der Waals surface area contributed by atoms with Crippen LogP contribution in [0.5, 0.6) is 0 Å². The molecule has 0 bridgehead atoms. The molecule has 0 aromatic carbocycles. The number of thioether (sulfide) groups is 1. The molecule has 1 N–H and O–H groups in total. The number of rotatable bonds is 6. The van der Waals surface area contributed by atoms with Crippen LogP contribution in [0.2, 0.25) is 0 Å². The lowest BCUT2D eigenvalue weighted by Gasteiger charge is -2.20. The fourth-order valence-corrected chi connectivity index (χ4v) is 1.87. The summed E-state index contributed by atoms with van der Waals surface area (Å²) < 4.78 is 4.86. The van der Waals surface area contributed by atoms with E-state index in [1.807, 2.05) is 0 Å². The minimum Gasteiger partial charge on any atom is -0.465 e. The number of aromatic amines is 1. The van der Waals surface area contributed by atoms with Crippen LogP contribution in [0.4, 0.5) is 0 Å². The minimum atomic E-state index is -1.12. The highest BCUT2D eigenvalue weighted by atomic mass is 32.2. The summed E-state index contributed by atoms with van der Waals surface area (Å²) in [4.78, 5) is 27.4. The van der Waals surface area contributed by atoms with Gasteiger partial charge in [0.2, 0.25) is 0 Å². The Morgan fingerprint density at radius 2 is 2.24 bits per heavy atom. The number of Topliss-reactive ketones (excluding diaryl/α,β-unsaturated/α-hetero) is 1. The van der Waals surface area contributed by atoms with Gasteiger partial charge in [0.05, 0.1) is 12.4 Å². The van der Waals surface area contributed by atoms with Crippen LogP contribution in [0.15, 0.2) is 11.5 Å². The molecule has 0 aliphatic heterocycles. The van der Waals surface area contributed by atoms with Gasteiger partial charge in [0, 0.05) is 0 Å². The Morgan fingerprint density at radius 1 is 1.53 bits per heavy atom. The van der Waals surface area contributed by atoms with Gasteiger partial charge in [-0.15, -0.1) is 0 Å². The van der Waals surface area contributed by atoms with Crippen molar-refractivity contribution in [3.05, 3.63) is 6.33 Å². The number of nitrogens with one attached hydrogen (secondary N) is 1. The van der Waals surface area contributed by atoms with E-state index < -0.39 is 11.4 Å². The Bertz CT molecular complexity index is 390. The number of esters is 1. The Hall–Kier alpha value is -1.37. The fourth-order valence-electron chi connectivity index (χ4n) is 1.00. The summed E-state index contributed by atoms with van der Waals surface area (Å²) >= 11 is 1.21. The van der Waals surface area contributed by atoms with Gasteiger partial charge in [-0.2, -0.15) is 5.10 Å². The highest BCUT2D eigenvalue weighted by Crippen LogP contribution is 2.23. The molecule has 94 valence electrons. The summed E-state index contributed by atoms with van der Waals surface area (Å²) in [6.07, 6.45) is 1.36. The van der Waals surface area contributed by atoms with E-state index in [0.717, 1.165) is 0 Å². The van der Waals surface area contributed by atoms with Crippen molar-refractivity contribution in [2.45, 2.75) is 25.9 Å². The first-order valence-electron chi connectivity index (χ1n) is 5.17. The molecule has 0 saturated heterocycles. The predicted molar refractivity (Wildman–Crippen MR) is 62.5 cm³/mol. The van der Waals surface area contributed by atoms with Crippen molar-refractivity contribution in [1.82, 2.24) is 15.2 Å². The Balaban J connectivity index is 2.53. The quantitative estimate of drug-likeness (QED) is 0.466. The van der Waals surface area contributed by atoms with E-state index in [1.54, 1.807) is 20.8 Å². The van der Waals surface area contributed by atoms with Gasteiger partial charge in [-0.1, -0.05) is 11.8 Å². The van der Waals surface area contributed by atoms with Crippen LogP contribution >= 0.6 is 11.8 Å². The minimum absolute atomic E-state index is 0.154. The Labute approximate surface area is 104 Å². The number of carbonyl (C=O) groups excluding carboxylic acids is 2. The molecule has 0 aliphatic rings. The molecule has 0 saturated carbocycles. The zero-order valence-corrected chi connectivity index (χ0v) is 10.8. The number of ether oxygens (including phenoxy) is 1. The number of hydrogen-bond donors (Lipinski definition) is 1. The second-order valence-electron chi connectivity index (χ2n) is 3.85. The monoisotopic (exact) mass is 257 g/mol. The van der Waals surface area contributed by atoms with Gasteiger partial charge in [-0.25, -0.2) is 4.98 Å². The van der Waals surface area contributed by atoms with Gasteiger partial charge >= 0.3 is 5.97 Å². The van der Waals surface area contributed by atoms with Crippen molar-refractivity contribution >= 4 is 23.5 Å². The van der Waals surface area contributed by atoms with E-state index in [0.29, 0.717) is 5.16 Å². The van der Waals surface area contributed by atoms with Crippen LogP contribution in [-0.4, -0.2) is 39.3 Å². The van der Waals surface area contributed by atoms with Crippen molar-refractivity contribution in [3.63, 3.8) is 0 Å². The van der Waals surface area contributed by atoms with Crippen molar-refractivity contribution in [3.8, 4) is 0 Å². The smallest absolute Gasteiger partial charge is 0.319 e. The maximum absolute atomic E-state index is 11.9.